The van der Waals surface area contributed by atoms with Crippen molar-refractivity contribution in [2.45, 2.75) is 13.3 Å². The lowest BCUT2D eigenvalue weighted by Gasteiger charge is -2.10. The van der Waals surface area contributed by atoms with Crippen molar-refractivity contribution < 1.29 is 21.9 Å². The third-order valence-corrected chi connectivity index (χ3v) is 4.38. The number of sulfonamides is 1. The molecule has 23 heavy (non-hydrogen) atoms. The van der Waals surface area contributed by atoms with Gasteiger partial charge in [0, 0.05) is 6.07 Å². The molecule has 0 spiro atoms. The molecule has 0 aliphatic heterocycles. The van der Waals surface area contributed by atoms with Gasteiger partial charge in [0.15, 0.2) is 0 Å². The van der Waals surface area contributed by atoms with Crippen LogP contribution < -0.4 is 9.46 Å². The molecule has 0 aliphatic carbocycles. The van der Waals surface area contributed by atoms with E-state index in [-0.39, 0.29) is 12.4 Å². The van der Waals surface area contributed by atoms with E-state index in [0.717, 1.165) is 30.2 Å². The van der Waals surface area contributed by atoms with Crippen LogP contribution in [0.15, 0.2) is 42.5 Å². The highest BCUT2D eigenvalue weighted by Crippen LogP contribution is 2.17. The highest BCUT2D eigenvalue weighted by Gasteiger charge is 2.14. The summed E-state index contributed by atoms with van der Waals surface area (Å²) in [6, 6.07) is 9.86. The van der Waals surface area contributed by atoms with Crippen molar-refractivity contribution >= 4 is 15.7 Å². The predicted octanol–water partition coefficient (Wildman–Crippen LogP) is 3.35. The lowest BCUT2D eigenvalue weighted by molar-refractivity contribution is 0.341. The smallest absolute Gasteiger partial charge is 0.236 e. The van der Waals surface area contributed by atoms with E-state index in [1.54, 1.807) is 12.1 Å². The number of nitrogens with one attached hydrogen (secondary N) is 1. The molecule has 0 amide bonds. The molecule has 0 heterocycles. The number of hydrogen-bond donors (Lipinski definition) is 1. The van der Waals surface area contributed by atoms with E-state index in [0.29, 0.717) is 5.75 Å². The number of benzene rings is 2. The fraction of sp³-hybridized carbons (Fsp3) is 0.250. The van der Waals surface area contributed by atoms with Gasteiger partial charge in [-0.15, -0.1) is 0 Å². The molecule has 0 unspecified atom stereocenters. The maximum Gasteiger partial charge on any atom is 0.236 e. The first-order valence-electron chi connectivity index (χ1n) is 7.07. The Balaban J connectivity index is 1.92. The van der Waals surface area contributed by atoms with E-state index in [1.165, 1.54) is 0 Å². The van der Waals surface area contributed by atoms with Gasteiger partial charge in [-0.1, -0.05) is 19.1 Å². The Labute approximate surface area is 134 Å². The fourth-order valence-corrected chi connectivity index (χ4v) is 2.78. The second-order valence-corrected chi connectivity index (χ2v) is 6.73. The molecule has 0 bridgehead atoms. The fourth-order valence-electron chi connectivity index (χ4n) is 1.88. The molecule has 0 atom stereocenters. The Morgan fingerprint density at radius 3 is 2.43 bits per heavy atom. The van der Waals surface area contributed by atoms with Crippen LogP contribution in [0.3, 0.4) is 0 Å². The van der Waals surface area contributed by atoms with Crippen LogP contribution in [-0.4, -0.2) is 20.8 Å². The second-order valence-electron chi connectivity index (χ2n) is 4.89. The Bertz CT molecular complexity index is 761. The van der Waals surface area contributed by atoms with Gasteiger partial charge in [-0.3, -0.25) is 4.72 Å². The van der Waals surface area contributed by atoms with Crippen LogP contribution >= 0.6 is 0 Å². The summed E-state index contributed by atoms with van der Waals surface area (Å²) in [5.74, 6) is -1.39. The lowest BCUT2D eigenvalue weighted by Crippen LogP contribution is -2.22. The van der Waals surface area contributed by atoms with Crippen molar-refractivity contribution in [3.05, 3.63) is 59.7 Å². The zero-order valence-corrected chi connectivity index (χ0v) is 13.4. The molecule has 0 saturated heterocycles. The zero-order valence-electron chi connectivity index (χ0n) is 12.6. The van der Waals surface area contributed by atoms with Crippen molar-refractivity contribution in [3.8, 4) is 5.75 Å². The van der Waals surface area contributed by atoms with Crippen molar-refractivity contribution in [2.75, 3.05) is 17.1 Å². The molecule has 2 aromatic carbocycles. The highest BCUT2D eigenvalue weighted by molar-refractivity contribution is 7.92. The molecule has 2 rings (SSSR count). The second kappa shape index (κ2) is 7.41. The van der Waals surface area contributed by atoms with E-state index in [4.69, 9.17) is 4.74 Å². The molecular weight excluding hydrogens is 324 g/mol. The number of aryl methyl sites for hydroxylation is 1. The minimum atomic E-state index is -3.84. The van der Waals surface area contributed by atoms with Crippen LogP contribution in [0.25, 0.3) is 0 Å². The first-order chi connectivity index (χ1) is 10.9. The van der Waals surface area contributed by atoms with E-state index < -0.39 is 27.3 Å². The topological polar surface area (TPSA) is 55.4 Å². The van der Waals surface area contributed by atoms with Gasteiger partial charge in [-0.2, -0.15) is 0 Å². The summed E-state index contributed by atoms with van der Waals surface area (Å²) in [7, 11) is -3.84. The molecule has 0 radical (unpaired) electrons. The summed E-state index contributed by atoms with van der Waals surface area (Å²) in [4.78, 5) is 0. The molecule has 0 aliphatic rings. The average Bonchev–Trinajstić information content (AvgIpc) is 2.51. The summed E-state index contributed by atoms with van der Waals surface area (Å²) in [5, 5.41) is 0. The SMILES string of the molecule is CCc1ccc(OCCS(=O)(=O)Nc2cc(F)ccc2F)cc1. The summed E-state index contributed by atoms with van der Waals surface area (Å²) >= 11 is 0. The molecule has 0 fully saturated rings. The molecule has 0 saturated carbocycles. The monoisotopic (exact) mass is 341 g/mol. The molecule has 2 aromatic rings. The molecule has 124 valence electrons. The van der Waals surface area contributed by atoms with Gasteiger partial charge in [0.2, 0.25) is 10.0 Å². The third kappa shape index (κ3) is 5.21. The maximum absolute atomic E-state index is 13.4. The Hall–Kier alpha value is -2.15. The number of ether oxygens (including phenoxy) is 1. The molecule has 4 nitrogen and oxygen atoms in total. The predicted molar refractivity (Wildman–Crippen MR) is 85.1 cm³/mol. The van der Waals surface area contributed by atoms with Crippen molar-refractivity contribution in [2.24, 2.45) is 0 Å². The van der Waals surface area contributed by atoms with Crippen molar-refractivity contribution in [1.82, 2.24) is 0 Å². The molecular formula is C16H17F2NO3S. The maximum atomic E-state index is 13.4. The number of hydrogen-bond acceptors (Lipinski definition) is 3. The van der Waals surface area contributed by atoms with Crippen LogP contribution in [0.4, 0.5) is 14.5 Å². The standard InChI is InChI=1S/C16H17F2NO3S/c1-2-12-3-6-14(7-4-12)22-9-10-23(20,21)19-16-11-13(17)5-8-15(16)18/h3-8,11,19H,2,9-10H2,1H3. The van der Waals surface area contributed by atoms with E-state index in [2.05, 4.69) is 0 Å². The normalized spacial score (nSPS) is 11.3. The van der Waals surface area contributed by atoms with Gasteiger partial charge in [0.1, 0.15) is 29.7 Å². The Kier molecular flexibility index (Phi) is 5.54. The summed E-state index contributed by atoms with van der Waals surface area (Å²) < 4.78 is 57.6. The minimum Gasteiger partial charge on any atom is -0.492 e. The van der Waals surface area contributed by atoms with Crippen LogP contribution in [0.1, 0.15) is 12.5 Å². The largest absolute Gasteiger partial charge is 0.492 e. The van der Waals surface area contributed by atoms with Crippen LogP contribution in [-0.2, 0) is 16.4 Å². The van der Waals surface area contributed by atoms with Crippen molar-refractivity contribution in [1.29, 1.82) is 0 Å². The van der Waals surface area contributed by atoms with Gasteiger partial charge in [-0.05, 0) is 36.2 Å². The van der Waals surface area contributed by atoms with Crippen molar-refractivity contribution in [3.63, 3.8) is 0 Å². The quantitative estimate of drug-likeness (QED) is 0.840. The number of halogens is 2. The molecule has 1 N–H and O–H groups in total. The average molecular weight is 341 g/mol. The van der Waals surface area contributed by atoms with Crippen LogP contribution in [0.5, 0.6) is 5.75 Å². The number of rotatable bonds is 7. The van der Waals surface area contributed by atoms with E-state index in [9.17, 15) is 17.2 Å². The summed E-state index contributed by atoms with van der Waals surface area (Å²) in [6.07, 6.45) is 0.901. The van der Waals surface area contributed by atoms with E-state index in [1.807, 2.05) is 23.8 Å². The van der Waals surface area contributed by atoms with Crippen LogP contribution in [0.2, 0.25) is 0 Å². The van der Waals surface area contributed by atoms with Gasteiger partial charge in [0.05, 0.1) is 5.69 Å². The zero-order chi connectivity index (χ0) is 16.9. The minimum absolute atomic E-state index is 0.0995. The summed E-state index contributed by atoms with van der Waals surface area (Å²) in [6.45, 7) is 1.93. The number of anilines is 1. The van der Waals surface area contributed by atoms with E-state index >= 15 is 0 Å². The highest BCUT2D eigenvalue weighted by atomic mass is 32.2. The lowest BCUT2D eigenvalue weighted by atomic mass is 10.2. The summed E-state index contributed by atoms with van der Waals surface area (Å²) in [5.41, 5.74) is 0.727. The Morgan fingerprint density at radius 2 is 1.78 bits per heavy atom. The first kappa shape index (κ1) is 17.2. The Morgan fingerprint density at radius 1 is 1.09 bits per heavy atom. The van der Waals surface area contributed by atoms with Gasteiger partial charge in [0.25, 0.3) is 0 Å². The van der Waals surface area contributed by atoms with Gasteiger partial charge in [-0.25, -0.2) is 17.2 Å². The molecule has 0 aromatic heterocycles. The van der Waals surface area contributed by atoms with Gasteiger partial charge >= 0.3 is 0 Å². The van der Waals surface area contributed by atoms with Gasteiger partial charge < -0.3 is 4.74 Å². The molecule has 7 heteroatoms. The van der Waals surface area contributed by atoms with Crippen LogP contribution in [0, 0.1) is 11.6 Å². The first-order valence-corrected chi connectivity index (χ1v) is 8.72. The third-order valence-electron chi connectivity index (χ3n) is 3.15.